The second kappa shape index (κ2) is 6.15. The number of hydrogen-bond acceptors (Lipinski definition) is 2. The third-order valence-corrected chi connectivity index (χ3v) is 3.94. The number of likely N-dealkylation sites (tertiary alicyclic amines) is 1. The molecule has 4 heteroatoms. The molecule has 1 atom stereocenters. The van der Waals surface area contributed by atoms with Gasteiger partial charge in [-0.25, -0.2) is 0 Å². The van der Waals surface area contributed by atoms with Gasteiger partial charge in [-0.15, -0.1) is 0 Å². The van der Waals surface area contributed by atoms with Crippen molar-refractivity contribution in [1.29, 1.82) is 0 Å². The van der Waals surface area contributed by atoms with Crippen molar-refractivity contribution in [2.45, 2.75) is 39.2 Å². The molecule has 1 aliphatic heterocycles. The van der Waals surface area contributed by atoms with Gasteiger partial charge < -0.3 is 10.2 Å². The van der Waals surface area contributed by atoms with Crippen molar-refractivity contribution in [3.05, 3.63) is 29.8 Å². The summed E-state index contributed by atoms with van der Waals surface area (Å²) in [5, 5.41) is 4.03. The van der Waals surface area contributed by atoms with Crippen LogP contribution in [0.1, 0.15) is 43.5 Å². The first-order valence-corrected chi connectivity index (χ1v) is 7.17. The van der Waals surface area contributed by atoms with E-state index in [9.17, 15) is 4.79 Å². The number of nitrogens with one attached hydrogen (secondary N) is 1. The Morgan fingerprint density at radius 1 is 1.32 bits per heavy atom. The van der Waals surface area contributed by atoms with Crippen molar-refractivity contribution in [3.63, 3.8) is 0 Å². The minimum atomic E-state index is 0.0822. The van der Waals surface area contributed by atoms with Crippen molar-refractivity contribution >= 4 is 28.8 Å². The van der Waals surface area contributed by atoms with Crippen molar-refractivity contribution in [1.82, 2.24) is 4.90 Å². The van der Waals surface area contributed by atoms with Crippen LogP contribution in [-0.4, -0.2) is 28.4 Å². The summed E-state index contributed by atoms with van der Waals surface area (Å²) in [4.78, 5) is 13.5. The lowest BCUT2D eigenvalue weighted by Crippen LogP contribution is -2.44. The van der Waals surface area contributed by atoms with Crippen LogP contribution in [0.2, 0.25) is 0 Å². The molecule has 0 spiro atoms. The summed E-state index contributed by atoms with van der Waals surface area (Å²) < 4.78 is 0. The molecule has 1 aliphatic rings. The van der Waals surface area contributed by atoms with Crippen LogP contribution in [0.25, 0.3) is 0 Å². The maximum absolute atomic E-state index is 11.2. The summed E-state index contributed by atoms with van der Waals surface area (Å²) >= 11 is 5.47. The molecule has 2 rings (SSSR count). The van der Waals surface area contributed by atoms with Gasteiger partial charge in [0.2, 0.25) is 0 Å². The van der Waals surface area contributed by atoms with Gasteiger partial charge >= 0.3 is 0 Å². The number of carbonyl (C=O) groups is 1. The molecule has 1 N–H and O–H groups in total. The topological polar surface area (TPSA) is 32.3 Å². The van der Waals surface area contributed by atoms with Gasteiger partial charge in [0, 0.05) is 23.8 Å². The number of anilines is 1. The highest BCUT2D eigenvalue weighted by Crippen LogP contribution is 2.18. The zero-order chi connectivity index (χ0) is 13.8. The Bertz CT molecular complexity index is 470. The number of piperidine rings is 1. The Labute approximate surface area is 120 Å². The summed E-state index contributed by atoms with van der Waals surface area (Å²) in [6.07, 6.45) is 3.69. The van der Waals surface area contributed by atoms with Crippen LogP contribution in [0, 0.1) is 0 Å². The highest BCUT2D eigenvalue weighted by molar-refractivity contribution is 7.80. The van der Waals surface area contributed by atoms with Crippen molar-refractivity contribution in [2.24, 2.45) is 0 Å². The highest BCUT2D eigenvalue weighted by atomic mass is 32.1. The Kier molecular flexibility index (Phi) is 4.53. The molecule has 0 unspecified atom stereocenters. The fourth-order valence-electron chi connectivity index (χ4n) is 2.38. The zero-order valence-electron chi connectivity index (χ0n) is 11.5. The van der Waals surface area contributed by atoms with Gasteiger partial charge in [-0.05, 0) is 69.6 Å². The molecular formula is C15H20N2OS. The average molecular weight is 276 g/mol. The Hall–Kier alpha value is -1.42. The van der Waals surface area contributed by atoms with E-state index in [0.29, 0.717) is 6.04 Å². The van der Waals surface area contributed by atoms with E-state index >= 15 is 0 Å². The minimum Gasteiger partial charge on any atom is -0.346 e. The number of thiocarbonyl (C=S) groups is 1. The fraction of sp³-hybridized carbons (Fsp3) is 0.467. The largest absolute Gasteiger partial charge is 0.346 e. The van der Waals surface area contributed by atoms with Crippen molar-refractivity contribution in [2.75, 3.05) is 11.9 Å². The first-order valence-electron chi connectivity index (χ1n) is 6.76. The Morgan fingerprint density at radius 3 is 2.58 bits per heavy atom. The second-order valence-corrected chi connectivity index (χ2v) is 5.49. The molecule has 102 valence electrons. The SMILES string of the molecule is CC(=O)c1ccc(NC(=S)N2CCCC[C@@H]2C)cc1. The predicted molar refractivity (Wildman–Crippen MR) is 82.7 cm³/mol. The summed E-state index contributed by atoms with van der Waals surface area (Å²) in [7, 11) is 0. The molecule has 19 heavy (non-hydrogen) atoms. The highest BCUT2D eigenvalue weighted by Gasteiger charge is 2.20. The number of benzene rings is 1. The van der Waals surface area contributed by atoms with Crippen LogP contribution in [-0.2, 0) is 0 Å². The van der Waals surface area contributed by atoms with E-state index < -0.39 is 0 Å². The van der Waals surface area contributed by atoms with Gasteiger partial charge in [-0.2, -0.15) is 0 Å². The van der Waals surface area contributed by atoms with Gasteiger partial charge in [0.15, 0.2) is 10.9 Å². The number of Topliss-reactive ketones (excluding diaryl/α,β-unsaturated/α-hetero) is 1. The van der Waals surface area contributed by atoms with E-state index in [-0.39, 0.29) is 5.78 Å². The van der Waals surface area contributed by atoms with Gasteiger partial charge in [0.05, 0.1) is 0 Å². The molecule has 1 saturated heterocycles. The molecule has 0 aliphatic carbocycles. The maximum Gasteiger partial charge on any atom is 0.173 e. The van der Waals surface area contributed by atoms with Gasteiger partial charge in [0.1, 0.15) is 0 Å². The van der Waals surface area contributed by atoms with Crippen LogP contribution in [0.5, 0.6) is 0 Å². The third kappa shape index (κ3) is 3.53. The van der Waals surface area contributed by atoms with E-state index in [2.05, 4.69) is 17.1 Å². The molecule has 0 saturated carbocycles. The molecule has 0 amide bonds. The van der Waals surface area contributed by atoms with Crippen molar-refractivity contribution in [3.8, 4) is 0 Å². The average Bonchev–Trinajstić information content (AvgIpc) is 2.39. The maximum atomic E-state index is 11.2. The normalized spacial score (nSPS) is 19.1. The van der Waals surface area contributed by atoms with E-state index in [1.807, 2.05) is 24.3 Å². The first-order chi connectivity index (χ1) is 9.08. The quantitative estimate of drug-likeness (QED) is 0.662. The van der Waals surface area contributed by atoms with Crippen LogP contribution >= 0.6 is 12.2 Å². The van der Waals surface area contributed by atoms with Gasteiger partial charge in [0.25, 0.3) is 0 Å². The van der Waals surface area contributed by atoms with E-state index in [1.54, 1.807) is 6.92 Å². The molecule has 1 aromatic rings. The molecule has 3 nitrogen and oxygen atoms in total. The summed E-state index contributed by atoms with van der Waals surface area (Å²) in [6, 6.07) is 7.96. The summed E-state index contributed by atoms with van der Waals surface area (Å²) in [5.74, 6) is 0.0822. The molecule has 1 heterocycles. The number of hydrogen-bond donors (Lipinski definition) is 1. The standard InChI is InChI=1S/C15H20N2OS/c1-11-5-3-4-10-17(11)15(19)16-14-8-6-13(7-9-14)12(2)18/h6-9,11H,3-5,10H2,1-2H3,(H,16,19)/t11-/m0/s1. The monoisotopic (exact) mass is 276 g/mol. The first kappa shape index (κ1) is 14.0. The summed E-state index contributed by atoms with van der Waals surface area (Å²) in [6.45, 7) is 4.81. The lowest BCUT2D eigenvalue weighted by atomic mass is 10.0. The number of rotatable bonds is 2. The van der Waals surface area contributed by atoms with Gasteiger partial charge in [-0.3, -0.25) is 4.79 Å². The lowest BCUT2D eigenvalue weighted by molar-refractivity contribution is 0.101. The molecular weight excluding hydrogens is 256 g/mol. The van der Waals surface area contributed by atoms with Gasteiger partial charge in [-0.1, -0.05) is 0 Å². The number of carbonyl (C=O) groups excluding carboxylic acids is 1. The third-order valence-electron chi connectivity index (χ3n) is 3.61. The Balaban J connectivity index is 2.00. The predicted octanol–water partition coefficient (Wildman–Crippen LogP) is 3.46. The number of ketones is 1. The van der Waals surface area contributed by atoms with Crippen molar-refractivity contribution < 1.29 is 4.79 Å². The van der Waals surface area contributed by atoms with Crippen LogP contribution < -0.4 is 5.32 Å². The van der Waals surface area contributed by atoms with E-state index in [0.717, 1.165) is 22.9 Å². The van der Waals surface area contributed by atoms with Crippen LogP contribution in [0.3, 0.4) is 0 Å². The smallest absolute Gasteiger partial charge is 0.173 e. The lowest BCUT2D eigenvalue weighted by Gasteiger charge is -2.35. The Morgan fingerprint density at radius 2 is 2.00 bits per heavy atom. The molecule has 1 fully saturated rings. The summed E-state index contributed by atoms with van der Waals surface area (Å²) in [5.41, 5.74) is 1.66. The number of nitrogens with zero attached hydrogens (tertiary/aromatic N) is 1. The van der Waals surface area contributed by atoms with Crippen LogP contribution in [0.15, 0.2) is 24.3 Å². The molecule has 0 radical (unpaired) electrons. The van der Waals surface area contributed by atoms with Crippen LogP contribution in [0.4, 0.5) is 5.69 Å². The molecule has 1 aromatic carbocycles. The van der Waals surface area contributed by atoms with E-state index in [4.69, 9.17) is 12.2 Å². The fourth-order valence-corrected chi connectivity index (χ4v) is 2.77. The zero-order valence-corrected chi connectivity index (χ0v) is 12.3. The minimum absolute atomic E-state index is 0.0822. The van der Waals surface area contributed by atoms with E-state index in [1.165, 1.54) is 19.3 Å². The second-order valence-electron chi connectivity index (χ2n) is 5.10. The molecule has 0 bridgehead atoms. The molecule has 0 aromatic heterocycles.